The molecule has 2 aliphatic heterocycles. The fraction of sp³-hybridized carbons (Fsp3) is 0.357. The molecule has 2 saturated heterocycles. The molecular weight excluding hydrogens is 486 g/mol. The zero-order chi connectivity index (χ0) is 26.7. The van der Waals surface area contributed by atoms with Crippen molar-refractivity contribution >= 4 is 23.8 Å². The molecule has 0 bridgehead atoms. The fourth-order valence-electron chi connectivity index (χ4n) is 4.67. The van der Waals surface area contributed by atoms with Gasteiger partial charge in [-0.05, 0) is 74.6 Å². The highest BCUT2D eigenvalue weighted by Crippen LogP contribution is 2.24. The second-order valence-electron chi connectivity index (χ2n) is 9.72. The smallest absolute Gasteiger partial charge is 0.224 e. The van der Waals surface area contributed by atoms with Gasteiger partial charge in [-0.25, -0.2) is 17.6 Å². The summed E-state index contributed by atoms with van der Waals surface area (Å²) in [5.74, 6) is -4.67. The largest absolute Gasteiger partial charge is 0.334 e. The maximum Gasteiger partial charge on any atom is 0.224 e. The number of ketones is 1. The number of nitrogens with zero attached hydrogens (tertiary/aromatic N) is 3. The Hall–Kier alpha value is -3.30. The molecule has 0 unspecified atom stereocenters. The van der Waals surface area contributed by atoms with E-state index in [4.69, 9.17) is 0 Å². The average molecular weight is 516 g/mol. The van der Waals surface area contributed by atoms with Gasteiger partial charge in [0.1, 0.15) is 0 Å². The normalized spacial score (nSPS) is 21.0. The lowest BCUT2D eigenvalue weighted by Gasteiger charge is -2.30. The molecule has 1 atom stereocenters. The molecule has 2 heterocycles. The first-order chi connectivity index (χ1) is 17.6. The molecule has 2 aliphatic rings. The van der Waals surface area contributed by atoms with Gasteiger partial charge in [0.25, 0.3) is 0 Å². The number of hydrogen-bond acceptors (Lipinski definition) is 4. The van der Waals surface area contributed by atoms with Crippen LogP contribution in [-0.4, -0.2) is 79.3 Å². The van der Waals surface area contributed by atoms with Crippen molar-refractivity contribution in [1.82, 2.24) is 14.7 Å². The number of amides is 1. The van der Waals surface area contributed by atoms with Crippen LogP contribution in [0.4, 0.5) is 17.6 Å². The molecule has 0 aliphatic carbocycles. The first kappa shape index (κ1) is 26.8. The molecule has 0 aromatic heterocycles. The Morgan fingerprint density at radius 1 is 0.919 bits per heavy atom. The number of benzene rings is 2. The average Bonchev–Trinajstić information content (AvgIpc) is 3.34. The second kappa shape index (κ2) is 11.4. The van der Waals surface area contributed by atoms with E-state index >= 15 is 0 Å². The van der Waals surface area contributed by atoms with Crippen molar-refractivity contribution < 1.29 is 27.2 Å². The minimum absolute atomic E-state index is 0.00606. The first-order valence-corrected chi connectivity index (χ1v) is 12.1. The van der Waals surface area contributed by atoms with Crippen LogP contribution in [0.25, 0.3) is 12.2 Å². The molecule has 2 fully saturated rings. The maximum atomic E-state index is 13.8. The number of likely N-dealkylation sites (tertiary alicyclic amines) is 2. The van der Waals surface area contributed by atoms with Gasteiger partial charge in [-0.3, -0.25) is 9.59 Å². The van der Waals surface area contributed by atoms with Gasteiger partial charge < -0.3 is 14.7 Å². The van der Waals surface area contributed by atoms with Gasteiger partial charge in [0.2, 0.25) is 5.91 Å². The van der Waals surface area contributed by atoms with E-state index in [-0.39, 0.29) is 47.7 Å². The van der Waals surface area contributed by atoms with E-state index in [1.807, 2.05) is 14.1 Å². The minimum Gasteiger partial charge on any atom is -0.334 e. The number of halogens is 4. The van der Waals surface area contributed by atoms with Gasteiger partial charge in [0.15, 0.2) is 29.1 Å². The molecule has 2 aromatic carbocycles. The van der Waals surface area contributed by atoms with Gasteiger partial charge in [-0.1, -0.05) is 12.1 Å². The zero-order valence-electron chi connectivity index (χ0n) is 20.8. The molecule has 1 amide bonds. The Morgan fingerprint density at radius 2 is 1.46 bits per heavy atom. The van der Waals surface area contributed by atoms with Crippen LogP contribution in [-0.2, 0) is 9.59 Å². The van der Waals surface area contributed by atoms with Gasteiger partial charge in [-0.2, -0.15) is 0 Å². The molecule has 9 heteroatoms. The highest BCUT2D eigenvalue weighted by Gasteiger charge is 2.30. The van der Waals surface area contributed by atoms with E-state index in [9.17, 15) is 27.2 Å². The van der Waals surface area contributed by atoms with E-state index in [1.54, 1.807) is 0 Å². The predicted octanol–water partition coefficient (Wildman–Crippen LogP) is 4.15. The summed E-state index contributed by atoms with van der Waals surface area (Å²) in [4.78, 5) is 32.3. The third-order valence-corrected chi connectivity index (χ3v) is 6.85. The number of Topliss-reactive ketones (excluding diaryl/α,β-unsaturated/α-hetero) is 1. The highest BCUT2D eigenvalue weighted by atomic mass is 19.2. The molecule has 0 radical (unpaired) electrons. The monoisotopic (exact) mass is 515 g/mol. The number of likely N-dealkylation sites (N-methyl/N-ethyl adjacent to an activating group) is 1. The molecule has 196 valence electrons. The third-order valence-electron chi connectivity index (χ3n) is 6.85. The van der Waals surface area contributed by atoms with Crippen molar-refractivity contribution in [2.75, 3.05) is 46.8 Å². The summed E-state index contributed by atoms with van der Waals surface area (Å²) in [6.07, 6.45) is 4.13. The van der Waals surface area contributed by atoms with E-state index < -0.39 is 29.1 Å². The molecule has 0 spiro atoms. The highest BCUT2D eigenvalue weighted by molar-refractivity contribution is 6.15. The summed E-state index contributed by atoms with van der Waals surface area (Å²) in [6.45, 7) is 2.37. The van der Waals surface area contributed by atoms with Gasteiger partial charge in [0.05, 0.1) is 0 Å². The Balaban J connectivity index is 1.57. The van der Waals surface area contributed by atoms with Crippen LogP contribution in [0, 0.1) is 23.3 Å². The van der Waals surface area contributed by atoms with Gasteiger partial charge >= 0.3 is 0 Å². The van der Waals surface area contributed by atoms with Crippen molar-refractivity contribution in [1.29, 1.82) is 0 Å². The van der Waals surface area contributed by atoms with Crippen LogP contribution in [0.2, 0.25) is 0 Å². The Kier molecular flexibility index (Phi) is 8.24. The van der Waals surface area contributed by atoms with E-state index in [0.717, 1.165) is 43.8 Å². The third kappa shape index (κ3) is 6.53. The topological polar surface area (TPSA) is 43.9 Å². The first-order valence-electron chi connectivity index (χ1n) is 12.1. The van der Waals surface area contributed by atoms with Crippen LogP contribution in [0.3, 0.4) is 0 Å². The molecule has 5 nitrogen and oxygen atoms in total. The van der Waals surface area contributed by atoms with Crippen LogP contribution in [0.5, 0.6) is 0 Å². The number of rotatable bonds is 6. The fourth-order valence-corrected chi connectivity index (χ4v) is 4.67. The van der Waals surface area contributed by atoms with Crippen molar-refractivity contribution in [2.45, 2.75) is 18.9 Å². The molecule has 2 aromatic rings. The molecule has 0 saturated carbocycles. The lowest BCUT2D eigenvalue weighted by atomic mass is 9.94. The standard InChI is InChI=1S/C28H29F4N3O2/c1-33(2)22-7-9-34(17-22)10-8-27(36)35-15-20(11-18-3-5-23(29)25(31)13-18)28(37)21(16-35)12-19-4-6-24(30)26(32)14-19/h3-6,11-14,22H,7-10,15-17H2,1-2H3/b20-11+,21-12+/t22-/m1/s1. The Labute approximate surface area is 213 Å². The Morgan fingerprint density at radius 3 is 1.92 bits per heavy atom. The zero-order valence-corrected chi connectivity index (χ0v) is 20.8. The SMILES string of the molecule is CN(C)[C@@H]1CCN(CCC(=O)N2C/C(=C\c3ccc(F)c(F)c3)C(=O)/C(=C/c3ccc(F)c(F)c3)C2)C1. The van der Waals surface area contributed by atoms with Crippen LogP contribution < -0.4 is 0 Å². The summed E-state index contributed by atoms with van der Waals surface area (Å²) in [5.41, 5.74) is 0.979. The molecule has 4 rings (SSSR count). The predicted molar refractivity (Wildman–Crippen MR) is 133 cm³/mol. The summed E-state index contributed by atoms with van der Waals surface area (Å²) >= 11 is 0. The molecule has 0 N–H and O–H groups in total. The van der Waals surface area contributed by atoms with Crippen molar-refractivity contribution in [3.05, 3.63) is 81.9 Å². The number of carbonyl (C=O) groups excluding carboxylic acids is 2. The van der Waals surface area contributed by atoms with Crippen molar-refractivity contribution in [2.24, 2.45) is 0 Å². The van der Waals surface area contributed by atoms with Gasteiger partial charge in [-0.15, -0.1) is 0 Å². The lowest BCUT2D eigenvalue weighted by Crippen LogP contribution is -2.42. The number of piperidine rings is 1. The van der Waals surface area contributed by atoms with E-state index in [0.29, 0.717) is 12.6 Å². The molecule has 37 heavy (non-hydrogen) atoms. The summed E-state index contributed by atoms with van der Waals surface area (Å²) in [6, 6.07) is 7.01. The van der Waals surface area contributed by atoms with E-state index in [2.05, 4.69) is 9.80 Å². The maximum absolute atomic E-state index is 13.8. The quantitative estimate of drug-likeness (QED) is 0.429. The summed E-state index contributed by atoms with van der Waals surface area (Å²) in [5, 5.41) is 0. The lowest BCUT2D eigenvalue weighted by molar-refractivity contribution is -0.131. The van der Waals surface area contributed by atoms with Crippen molar-refractivity contribution in [3.63, 3.8) is 0 Å². The van der Waals surface area contributed by atoms with Crippen LogP contribution >= 0.6 is 0 Å². The van der Waals surface area contributed by atoms with Crippen LogP contribution in [0.1, 0.15) is 24.0 Å². The minimum atomic E-state index is -1.05. The number of carbonyl (C=O) groups is 2. The van der Waals surface area contributed by atoms with E-state index in [1.165, 1.54) is 29.2 Å². The Bertz CT molecular complexity index is 1180. The molecular formula is C28H29F4N3O2. The van der Waals surface area contributed by atoms with Crippen LogP contribution in [0.15, 0.2) is 47.5 Å². The summed E-state index contributed by atoms with van der Waals surface area (Å²) in [7, 11) is 4.07. The van der Waals surface area contributed by atoms with Gasteiger partial charge in [0, 0.05) is 49.8 Å². The number of hydrogen-bond donors (Lipinski definition) is 0. The second-order valence-corrected chi connectivity index (χ2v) is 9.72. The summed E-state index contributed by atoms with van der Waals surface area (Å²) < 4.78 is 54.3. The van der Waals surface area contributed by atoms with Crippen molar-refractivity contribution in [3.8, 4) is 0 Å².